The minimum Gasteiger partial charge on any atom is -0.346 e. The number of carbonyl (C=O) groups excluding carboxylic acids is 1. The van der Waals surface area contributed by atoms with Crippen molar-refractivity contribution in [2.45, 2.75) is 33.2 Å². The molecule has 0 radical (unpaired) electrons. The number of hydrogen-bond acceptors (Lipinski definition) is 2. The zero-order valence-electron chi connectivity index (χ0n) is 11.5. The van der Waals surface area contributed by atoms with Crippen LogP contribution < -0.4 is 5.32 Å². The number of hydrogen-bond donors (Lipinski definition) is 2. The van der Waals surface area contributed by atoms with E-state index in [-0.39, 0.29) is 23.3 Å². The summed E-state index contributed by atoms with van der Waals surface area (Å²) in [6.45, 7) is 6.22. The quantitative estimate of drug-likeness (QED) is 0.888. The smallest absolute Gasteiger partial charge is 0.224 e. The van der Waals surface area contributed by atoms with E-state index < -0.39 is 0 Å². The van der Waals surface area contributed by atoms with E-state index in [2.05, 4.69) is 29.1 Å². The van der Waals surface area contributed by atoms with Gasteiger partial charge >= 0.3 is 0 Å². The SMILES string of the molecule is CC(NC(=O)C1CC1(C)C)c1nc2ccccc2[nH]1. The fourth-order valence-corrected chi connectivity index (χ4v) is 2.47. The average Bonchev–Trinajstić information content (AvgIpc) is 2.84. The van der Waals surface area contributed by atoms with Gasteiger partial charge in [0.25, 0.3) is 0 Å². The maximum absolute atomic E-state index is 12.1. The second-order valence-corrected chi connectivity index (χ2v) is 6.11. The van der Waals surface area contributed by atoms with E-state index >= 15 is 0 Å². The van der Waals surface area contributed by atoms with Crippen molar-refractivity contribution in [1.29, 1.82) is 0 Å². The summed E-state index contributed by atoms with van der Waals surface area (Å²) in [6, 6.07) is 7.80. The topological polar surface area (TPSA) is 57.8 Å². The lowest BCUT2D eigenvalue weighted by atomic mass is 10.1. The molecule has 4 nitrogen and oxygen atoms in total. The Labute approximate surface area is 112 Å². The molecule has 2 unspecified atom stereocenters. The molecule has 0 aliphatic heterocycles. The van der Waals surface area contributed by atoms with Crippen molar-refractivity contribution in [3.05, 3.63) is 30.1 Å². The summed E-state index contributed by atoms with van der Waals surface area (Å²) in [5.41, 5.74) is 2.10. The third kappa shape index (κ3) is 2.23. The van der Waals surface area contributed by atoms with E-state index in [0.717, 1.165) is 23.3 Å². The fraction of sp³-hybridized carbons (Fsp3) is 0.467. The number of nitrogens with one attached hydrogen (secondary N) is 2. The zero-order chi connectivity index (χ0) is 13.6. The van der Waals surface area contributed by atoms with Crippen LogP contribution in [0.15, 0.2) is 24.3 Å². The van der Waals surface area contributed by atoms with Crippen LogP contribution in [-0.2, 0) is 4.79 Å². The van der Waals surface area contributed by atoms with Gasteiger partial charge in [-0.05, 0) is 30.9 Å². The van der Waals surface area contributed by atoms with Gasteiger partial charge in [0.1, 0.15) is 5.82 Å². The first-order valence-electron chi connectivity index (χ1n) is 6.72. The highest BCUT2D eigenvalue weighted by atomic mass is 16.2. The fourth-order valence-electron chi connectivity index (χ4n) is 2.47. The first-order chi connectivity index (χ1) is 8.97. The van der Waals surface area contributed by atoms with Gasteiger partial charge in [-0.1, -0.05) is 26.0 Å². The molecule has 1 aromatic carbocycles. The van der Waals surface area contributed by atoms with Crippen molar-refractivity contribution >= 4 is 16.9 Å². The maximum atomic E-state index is 12.1. The molecule has 0 spiro atoms. The van der Waals surface area contributed by atoms with Crippen molar-refractivity contribution in [2.24, 2.45) is 11.3 Å². The number of fused-ring (bicyclic) bond motifs is 1. The molecule has 19 heavy (non-hydrogen) atoms. The van der Waals surface area contributed by atoms with Gasteiger partial charge in [0, 0.05) is 5.92 Å². The first kappa shape index (κ1) is 12.2. The number of aromatic amines is 1. The molecule has 0 bridgehead atoms. The van der Waals surface area contributed by atoms with E-state index in [4.69, 9.17) is 0 Å². The van der Waals surface area contributed by atoms with E-state index in [1.807, 2.05) is 31.2 Å². The van der Waals surface area contributed by atoms with Crippen molar-refractivity contribution in [3.8, 4) is 0 Å². The third-order valence-electron chi connectivity index (χ3n) is 4.01. The van der Waals surface area contributed by atoms with Crippen molar-refractivity contribution < 1.29 is 4.79 Å². The van der Waals surface area contributed by atoms with Crippen LogP contribution >= 0.6 is 0 Å². The Bertz CT molecular complexity index is 596. The predicted molar refractivity (Wildman–Crippen MR) is 74.5 cm³/mol. The standard InChI is InChI=1S/C15H19N3O/c1-9(16-14(19)10-8-15(10,2)3)13-17-11-6-4-5-7-12(11)18-13/h4-7,9-10H,8H2,1-3H3,(H,16,19)(H,17,18). The van der Waals surface area contributed by atoms with Gasteiger partial charge in [-0.25, -0.2) is 4.98 Å². The van der Waals surface area contributed by atoms with Crippen LogP contribution in [0.3, 0.4) is 0 Å². The van der Waals surface area contributed by atoms with Crippen LogP contribution in [0.25, 0.3) is 11.0 Å². The molecule has 2 aromatic rings. The van der Waals surface area contributed by atoms with E-state index in [0.29, 0.717) is 0 Å². The molecule has 2 atom stereocenters. The normalized spacial score (nSPS) is 22.2. The molecule has 1 aromatic heterocycles. The predicted octanol–water partition coefficient (Wildman–Crippen LogP) is 2.79. The summed E-state index contributed by atoms with van der Waals surface area (Å²) in [4.78, 5) is 19.8. The van der Waals surface area contributed by atoms with Gasteiger partial charge in [-0.2, -0.15) is 0 Å². The Kier molecular flexibility index (Phi) is 2.62. The van der Waals surface area contributed by atoms with Gasteiger partial charge in [-0.3, -0.25) is 4.79 Å². The lowest BCUT2D eigenvalue weighted by Gasteiger charge is -2.12. The second-order valence-electron chi connectivity index (χ2n) is 6.11. The van der Waals surface area contributed by atoms with Gasteiger partial charge in [0.15, 0.2) is 0 Å². The molecule has 3 rings (SSSR count). The van der Waals surface area contributed by atoms with E-state index in [1.165, 1.54) is 0 Å². The molecule has 2 N–H and O–H groups in total. The molecule has 1 saturated carbocycles. The van der Waals surface area contributed by atoms with Crippen molar-refractivity contribution in [1.82, 2.24) is 15.3 Å². The zero-order valence-corrected chi connectivity index (χ0v) is 11.5. The van der Waals surface area contributed by atoms with E-state index in [1.54, 1.807) is 0 Å². The minimum atomic E-state index is -0.0868. The van der Waals surface area contributed by atoms with Crippen LogP contribution in [0.4, 0.5) is 0 Å². The second kappa shape index (κ2) is 4.08. The Morgan fingerprint density at radius 2 is 2.16 bits per heavy atom. The summed E-state index contributed by atoms with van der Waals surface area (Å²) >= 11 is 0. The highest BCUT2D eigenvalue weighted by molar-refractivity contribution is 5.83. The number of benzene rings is 1. The molecule has 0 saturated heterocycles. The number of amides is 1. The Morgan fingerprint density at radius 3 is 2.79 bits per heavy atom. The van der Waals surface area contributed by atoms with Gasteiger partial charge in [0.05, 0.1) is 17.1 Å². The molecule has 1 amide bonds. The number of aromatic nitrogens is 2. The van der Waals surface area contributed by atoms with Crippen molar-refractivity contribution in [2.75, 3.05) is 0 Å². The molecule has 4 heteroatoms. The summed E-state index contributed by atoms with van der Waals surface area (Å²) < 4.78 is 0. The Morgan fingerprint density at radius 1 is 1.47 bits per heavy atom. The summed E-state index contributed by atoms with van der Waals surface area (Å²) in [7, 11) is 0. The number of H-pyrrole nitrogens is 1. The number of nitrogens with zero attached hydrogens (tertiary/aromatic N) is 1. The highest BCUT2D eigenvalue weighted by Gasteiger charge is 2.50. The van der Waals surface area contributed by atoms with Crippen LogP contribution in [0.1, 0.15) is 39.1 Å². The lowest BCUT2D eigenvalue weighted by Crippen LogP contribution is -2.29. The van der Waals surface area contributed by atoms with Crippen LogP contribution in [-0.4, -0.2) is 15.9 Å². The molecular formula is C15H19N3O. The van der Waals surface area contributed by atoms with Gasteiger partial charge in [0.2, 0.25) is 5.91 Å². The number of para-hydroxylation sites is 2. The molecule has 1 fully saturated rings. The van der Waals surface area contributed by atoms with Gasteiger partial charge in [-0.15, -0.1) is 0 Å². The van der Waals surface area contributed by atoms with Crippen LogP contribution in [0.2, 0.25) is 0 Å². The summed E-state index contributed by atoms with van der Waals surface area (Å²) in [6.07, 6.45) is 0.978. The summed E-state index contributed by atoms with van der Waals surface area (Å²) in [5.74, 6) is 1.10. The molecule has 1 aliphatic rings. The monoisotopic (exact) mass is 257 g/mol. The minimum absolute atomic E-state index is 0.0868. The largest absolute Gasteiger partial charge is 0.346 e. The number of rotatable bonds is 3. The van der Waals surface area contributed by atoms with Crippen LogP contribution in [0.5, 0.6) is 0 Å². The summed E-state index contributed by atoms with van der Waals surface area (Å²) in [5, 5.41) is 3.04. The molecular weight excluding hydrogens is 238 g/mol. The Hall–Kier alpha value is -1.84. The third-order valence-corrected chi connectivity index (χ3v) is 4.01. The number of imidazole rings is 1. The Balaban J connectivity index is 1.73. The highest BCUT2D eigenvalue weighted by Crippen LogP contribution is 2.51. The lowest BCUT2D eigenvalue weighted by molar-refractivity contribution is -0.123. The molecule has 1 aliphatic carbocycles. The van der Waals surface area contributed by atoms with Gasteiger partial charge < -0.3 is 10.3 Å². The maximum Gasteiger partial charge on any atom is 0.224 e. The molecule has 100 valence electrons. The molecule has 1 heterocycles. The first-order valence-corrected chi connectivity index (χ1v) is 6.72. The average molecular weight is 257 g/mol. The number of carbonyl (C=O) groups is 1. The van der Waals surface area contributed by atoms with Crippen LogP contribution in [0, 0.1) is 11.3 Å². The van der Waals surface area contributed by atoms with Crippen molar-refractivity contribution in [3.63, 3.8) is 0 Å². The van der Waals surface area contributed by atoms with E-state index in [9.17, 15) is 4.79 Å².